The number of methoxy groups -OCH3 is 1. The Labute approximate surface area is 186 Å². The maximum absolute atomic E-state index is 12.9. The zero-order chi connectivity index (χ0) is 23.5. The Morgan fingerprint density at radius 1 is 1.06 bits per heavy atom. The van der Waals surface area contributed by atoms with E-state index in [-0.39, 0.29) is 17.0 Å². The second-order valence-corrected chi connectivity index (χ2v) is 9.02. The van der Waals surface area contributed by atoms with Crippen LogP contribution in [0.5, 0.6) is 0 Å². The summed E-state index contributed by atoms with van der Waals surface area (Å²) in [5.74, 6) is -0.122. The smallest absolute Gasteiger partial charge is 0.341 e. The number of amides is 1. The third kappa shape index (κ3) is 5.17. The lowest BCUT2D eigenvalue weighted by molar-refractivity contribution is 0.0598. The summed E-state index contributed by atoms with van der Waals surface area (Å²) in [6.45, 7) is 3.59. The molecule has 0 saturated carbocycles. The van der Waals surface area contributed by atoms with Crippen LogP contribution in [0.1, 0.15) is 37.8 Å². The summed E-state index contributed by atoms with van der Waals surface area (Å²) < 4.78 is 38.3. The Hall–Kier alpha value is -3.59. The number of sulfonamides is 1. The number of esters is 1. The van der Waals surface area contributed by atoms with Crippen molar-refractivity contribution in [3.63, 3.8) is 0 Å². The number of hydrogen-bond donors (Lipinski definition) is 1. The molecule has 0 unspecified atom stereocenters. The first-order chi connectivity index (χ1) is 15.1. The van der Waals surface area contributed by atoms with E-state index in [1.807, 2.05) is 13.0 Å². The van der Waals surface area contributed by atoms with E-state index in [9.17, 15) is 18.0 Å². The normalized spacial score (nSPS) is 11.1. The highest BCUT2D eigenvalue weighted by molar-refractivity contribution is 7.92. The van der Waals surface area contributed by atoms with Crippen LogP contribution in [-0.2, 0) is 21.3 Å². The SMILES string of the molecule is COC(=O)c1cc(CN(C)C(=O)c2cccc(S(=O)(=O)Nc3cccc(C)c3)c2)oc1C. The minimum atomic E-state index is -3.88. The van der Waals surface area contributed by atoms with Gasteiger partial charge in [0.05, 0.1) is 18.6 Å². The first-order valence-electron chi connectivity index (χ1n) is 9.73. The number of aryl methyl sites for hydroxylation is 2. The summed E-state index contributed by atoms with van der Waals surface area (Å²) >= 11 is 0. The van der Waals surface area contributed by atoms with Gasteiger partial charge in [-0.2, -0.15) is 0 Å². The Morgan fingerprint density at radius 2 is 1.78 bits per heavy atom. The molecule has 3 rings (SSSR count). The number of nitrogens with zero attached hydrogens (tertiary/aromatic N) is 1. The zero-order valence-electron chi connectivity index (χ0n) is 18.2. The predicted octanol–water partition coefficient (Wildman–Crippen LogP) is 3.76. The van der Waals surface area contributed by atoms with Gasteiger partial charge in [-0.05, 0) is 55.8 Å². The molecule has 0 bridgehead atoms. The fourth-order valence-corrected chi connectivity index (χ4v) is 4.27. The molecular formula is C23H24N2O6S. The number of hydrogen-bond acceptors (Lipinski definition) is 6. The summed E-state index contributed by atoms with van der Waals surface area (Å²) in [4.78, 5) is 26.0. The first-order valence-corrected chi connectivity index (χ1v) is 11.2. The van der Waals surface area contributed by atoms with Crippen LogP contribution in [0.4, 0.5) is 5.69 Å². The molecule has 0 spiro atoms. The van der Waals surface area contributed by atoms with Gasteiger partial charge in [0.25, 0.3) is 15.9 Å². The van der Waals surface area contributed by atoms with Crippen molar-refractivity contribution in [2.45, 2.75) is 25.3 Å². The van der Waals surface area contributed by atoms with Crippen molar-refractivity contribution >= 4 is 27.6 Å². The van der Waals surface area contributed by atoms with Gasteiger partial charge in [0.1, 0.15) is 17.1 Å². The number of furan rings is 1. The van der Waals surface area contributed by atoms with E-state index in [0.29, 0.717) is 22.8 Å². The van der Waals surface area contributed by atoms with E-state index < -0.39 is 21.9 Å². The van der Waals surface area contributed by atoms with Gasteiger partial charge in [-0.3, -0.25) is 9.52 Å². The molecule has 1 heterocycles. The number of rotatable bonds is 7. The molecule has 3 aromatic rings. The molecule has 0 saturated heterocycles. The predicted molar refractivity (Wildman–Crippen MR) is 119 cm³/mol. The van der Waals surface area contributed by atoms with Gasteiger partial charge in [-0.15, -0.1) is 0 Å². The minimum absolute atomic E-state index is 0.0277. The number of carbonyl (C=O) groups excluding carboxylic acids is 2. The summed E-state index contributed by atoms with van der Waals surface area (Å²) in [5.41, 5.74) is 1.85. The molecule has 1 N–H and O–H groups in total. The van der Waals surface area contributed by atoms with Crippen LogP contribution in [0.3, 0.4) is 0 Å². The van der Waals surface area contributed by atoms with Crippen molar-refractivity contribution in [3.05, 3.63) is 82.8 Å². The van der Waals surface area contributed by atoms with E-state index in [2.05, 4.69) is 4.72 Å². The number of ether oxygens (including phenoxy) is 1. The molecule has 0 aliphatic heterocycles. The highest BCUT2D eigenvalue weighted by Crippen LogP contribution is 2.20. The lowest BCUT2D eigenvalue weighted by Gasteiger charge is -2.16. The fourth-order valence-electron chi connectivity index (χ4n) is 3.18. The highest BCUT2D eigenvalue weighted by Gasteiger charge is 2.21. The third-order valence-electron chi connectivity index (χ3n) is 4.78. The molecule has 0 aliphatic carbocycles. The van der Waals surface area contributed by atoms with Crippen molar-refractivity contribution in [1.29, 1.82) is 0 Å². The monoisotopic (exact) mass is 456 g/mol. The summed E-state index contributed by atoms with van der Waals surface area (Å²) in [6, 6.07) is 14.3. The second kappa shape index (κ2) is 9.27. The molecule has 0 fully saturated rings. The first kappa shape index (κ1) is 23.1. The topological polar surface area (TPSA) is 106 Å². The summed E-state index contributed by atoms with van der Waals surface area (Å²) in [7, 11) is -1.04. The molecule has 1 aromatic heterocycles. The van der Waals surface area contributed by atoms with Gasteiger partial charge in [-0.1, -0.05) is 18.2 Å². The van der Waals surface area contributed by atoms with Crippen LogP contribution in [0.25, 0.3) is 0 Å². The summed E-state index contributed by atoms with van der Waals surface area (Å²) in [5, 5.41) is 0. The number of carbonyl (C=O) groups is 2. The van der Waals surface area contributed by atoms with Crippen LogP contribution in [0.15, 0.2) is 63.9 Å². The fraction of sp³-hybridized carbons (Fsp3) is 0.217. The molecular weight excluding hydrogens is 432 g/mol. The molecule has 2 aromatic carbocycles. The van der Waals surface area contributed by atoms with Gasteiger partial charge < -0.3 is 14.1 Å². The Balaban J connectivity index is 1.78. The average Bonchev–Trinajstić information content (AvgIpc) is 3.12. The summed E-state index contributed by atoms with van der Waals surface area (Å²) in [6.07, 6.45) is 0. The van der Waals surface area contributed by atoms with Gasteiger partial charge in [-0.25, -0.2) is 13.2 Å². The molecule has 0 radical (unpaired) electrons. The third-order valence-corrected chi connectivity index (χ3v) is 6.15. The number of nitrogens with one attached hydrogen (secondary N) is 1. The molecule has 0 atom stereocenters. The molecule has 8 nitrogen and oxygen atoms in total. The van der Waals surface area contributed by atoms with Gasteiger partial charge in [0, 0.05) is 18.3 Å². The van der Waals surface area contributed by atoms with Crippen molar-refractivity contribution in [3.8, 4) is 0 Å². The quantitative estimate of drug-likeness (QED) is 0.543. The average molecular weight is 457 g/mol. The minimum Gasteiger partial charge on any atom is -0.465 e. The van der Waals surface area contributed by atoms with E-state index in [1.54, 1.807) is 32.2 Å². The van der Waals surface area contributed by atoms with Crippen molar-refractivity contribution in [2.75, 3.05) is 18.9 Å². The van der Waals surface area contributed by atoms with Crippen LogP contribution in [0, 0.1) is 13.8 Å². The lowest BCUT2D eigenvalue weighted by Crippen LogP contribution is -2.26. The van der Waals surface area contributed by atoms with E-state index >= 15 is 0 Å². The second-order valence-electron chi connectivity index (χ2n) is 7.34. The van der Waals surface area contributed by atoms with E-state index in [4.69, 9.17) is 9.15 Å². The van der Waals surface area contributed by atoms with Crippen molar-refractivity contribution in [1.82, 2.24) is 4.90 Å². The zero-order valence-corrected chi connectivity index (χ0v) is 19.0. The van der Waals surface area contributed by atoms with Gasteiger partial charge in [0.15, 0.2) is 0 Å². The maximum Gasteiger partial charge on any atom is 0.341 e. The Morgan fingerprint density at radius 3 is 2.47 bits per heavy atom. The maximum atomic E-state index is 12.9. The highest BCUT2D eigenvalue weighted by atomic mass is 32.2. The van der Waals surface area contributed by atoms with E-state index in [1.165, 1.54) is 42.3 Å². The van der Waals surface area contributed by atoms with Gasteiger partial charge in [0.2, 0.25) is 0 Å². The molecule has 0 aliphatic rings. The molecule has 32 heavy (non-hydrogen) atoms. The standard InChI is InChI=1S/C23H24N2O6S/c1-15-7-5-9-18(11-15)24-32(28,29)20-10-6-8-17(12-20)22(26)25(3)14-19-13-21(16(2)31-19)23(27)30-4/h5-13,24H,14H2,1-4H3. The molecule has 1 amide bonds. The van der Waals surface area contributed by atoms with Crippen LogP contribution in [-0.4, -0.2) is 39.4 Å². The van der Waals surface area contributed by atoms with Crippen LogP contribution in [0.2, 0.25) is 0 Å². The Bertz CT molecular complexity index is 1260. The van der Waals surface area contributed by atoms with Crippen molar-refractivity contribution in [2.24, 2.45) is 0 Å². The van der Waals surface area contributed by atoms with Crippen LogP contribution >= 0.6 is 0 Å². The lowest BCUT2D eigenvalue weighted by atomic mass is 10.2. The van der Waals surface area contributed by atoms with E-state index in [0.717, 1.165) is 5.56 Å². The largest absolute Gasteiger partial charge is 0.465 e. The number of benzene rings is 2. The van der Waals surface area contributed by atoms with Gasteiger partial charge >= 0.3 is 5.97 Å². The molecule has 9 heteroatoms. The molecule has 168 valence electrons. The van der Waals surface area contributed by atoms with Crippen molar-refractivity contribution < 1.29 is 27.2 Å². The number of anilines is 1. The Kier molecular flexibility index (Phi) is 6.69. The van der Waals surface area contributed by atoms with Crippen LogP contribution < -0.4 is 4.72 Å².